The van der Waals surface area contributed by atoms with Gasteiger partial charge in [-0.15, -0.1) is 0 Å². The predicted molar refractivity (Wildman–Crippen MR) is 113 cm³/mol. The lowest BCUT2D eigenvalue weighted by Crippen LogP contribution is -2.13. The molecule has 2 aromatic carbocycles. The molecule has 2 heterocycles. The summed E-state index contributed by atoms with van der Waals surface area (Å²) >= 11 is 0. The van der Waals surface area contributed by atoms with Crippen molar-refractivity contribution in [2.24, 2.45) is 0 Å². The third-order valence-electron chi connectivity index (χ3n) is 4.90. The zero-order chi connectivity index (χ0) is 22.7. The second-order valence-corrected chi connectivity index (χ2v) is 7.38. The van der Waals surface area contributed by atoms with Crippen LogP contribution in [0.1, 0.15) is 32.7 Å². The maximum Gasteiger partial charge on any atom is 0.416 e. The minimum absolute atomic E-state index is 0.158. The molecule has 0 aliphatic carbocycles. The molecule has 6 nitrogen and oxygen atoms in total. The number of amides is 1. The highest BCUT2D eigenvalue weighted by Gasteiger charge is 2.30. The molecule has 0 atom stereocenters. The van der Waals surface area contributed by atoms with Gasteiger partial charge in [0, 0.05) is 29.7 Å². The summed E-state index contributed by atoms with van der Waals surface area (Å²) in [6.45, 7) is 2.48. The van der Waals surface area contributed by atoms with Crippen LogP contribution in [0.2, 0.25) is 0 Å². The molecule has 0 unspecified atom stereocenters. The highest BCUT2D eigenvalue weighted by atomic mass is 19.4. The fourth-order valence-corrected chi connectivity index (χ4v) is 3.33. The largest absolute Gasteiger partial charge is 0.416 e. The number of alkyl halides is 3. The van der Waals surface area contributed by atoms with Gasteiger partial charge in [0.05, 0.1) is 18.7 Å². The molecule has 0 saturated carbocycles. The molecule has 0 fully saturated rings. The van der Waals surface area contributed by atoms with E-state index >= 15 is 0 Å². The van der Waals surface area contributed by atoms with E-state index in [0.29, 0.717) is 29.2 Å². The highest BCUT2D eigenvalue weighted by Crippen LogP contribution is 2.29. The molecule has 1 amide bonds. The summed E-state index contributed by atoms with van der Waals surface area (Å²) in [5.41, 5.74) is 1.87. The zero-order valence-corrected chi connectivity index (χ0v) is 17.2. The van der Waals surface area contributed by atoms with Gasteiger partial charge in [-0.05, 0) is 48.4 Å². The van der Waals surface area contributed by atoms with Crippen LogP contribution in [0.4, 0.5) is 19.0 Å². The van der Waals surface area contributed by atoms with Gasteiger partial charge >= 0.3 is 6.18 Å². The zero-order valence-electron chi connectivity index (χ0n) is 17.2. The number of hydrogen-bond donors (Lipinski definition) is 1. The van der Waals surface area contributed by atoms with E-state index in [0.717, 1.165) is 17.7 Å². The van der Waals surface area contributed by atoms with Crippen LogP contribution in [0, 0.1) is 6.92 Å². The monoisotopic (exact) mass is 439 g/mol. The third-order valence-corrected chi connectivity index (χ3v) is 4.90. The van der Waals surface area contributed by atoms with Crippen molar-refractivity contribution in [2.45, 2.75) is 26.2 Å². The Morgan fingerprint density at radius 1 is 1.00 bits per heavy atom. The number of carbonyl (C=O) groups is 1. The number of halogens is 3. The van der Waals surface area contributed by atoms with Gasteiger partial charge in [-0.2, -0.15) is 23.4 Å². The second kappa shape index (κ2) is 8.70. The molecule has 4 rings (SSSR count). The van der Waals surface area contributed by atoms with E-state index in [9.17, 15) is 18.0 Å². The fourth-order valence-electron chi connectivity index (χ4n) is 3.33. The Morgan fingerprint density at radius 2 is 1.75 bits per heavy atom. The van der Waals surface area contributed by atoms with Crippen LogP contribution < -0.4 is 5.32 Å². The molecule has 0 radical (unpaired) electrons. The van der Waals surface area contributed by atoms with E-state index in [2.05, 4.69) is 15.5 Å². The minimum Gasteiger partial charge on any atom is -0.305 e. The number of aryl methyl sites for hydroxylation is 1. The van der Waals surface area contributed by atoms with Crippen LogP contribution in [0.3, 0.4) is 0 Å². The summed E-state index contributed by atoms with van der Waals surface area (Å²) < 4.78 is 42.2. The van der Waals surface area contributed by atoms with Gasteiger partial charge in [0.2, 0.25) is 0 Å². The van der Waals surface area contributed by atoms with Crippen molar-refractivity contribution in [2.75, 3.05) is 5.32 Å². The standard InChI is InChI=1S/C23H20F3N5O/c1-16-11-21(29-31(16)15-18-6-3-8-20(13-18)23(24,25)26)28-22(32)19-7-2-5-17(12-19)14-30-10-4-9-27-30/h2-13H,14-15H2,1H3,(H,28,29,32). The summed E-state index contributed by atoms with van der Waals surface area (Å²) in [6, 6.07) is 15.8. The fraction of sp³-hybridized carbons (Fsp3) is 0.174. The number of nitrogens with zero attached hydrogens (tertiary/aromatic N) is 4. The minimum atomic E-state index is -4.40. The van der Waals surface area contributed by atoms with Gasteiger partial charge in [0.1, 0.15) is 0 Å². The second-order valence-electron chi connectivity index (χ2n) is 7.38. The van der Waals surface area contributed by atoms with Crippen molar-refractivity contribution in [1.82, 2.24) is 19.6 Å². The van der Waals surface area contributed by atoms with Crippen LogP contribution in [0.15, 0.2) is 73.1 Å². The Morgan fingerprint density at radius 3 is 2.47 bits per heavy atom. The average molecular weight is 439 g/mol. The van der Waals surface area contributed by atoms with Crippen LogP contribution in [-0.2, 0) is 19.3 Å². The first kappa shape index (κ1) is 21.4. The van der Waals surface area contributed by atoms with E-state index in [1.54, 1.807) is 52.8 Å². The molecular weight excluding hydrogens is 419 g/mol. The molecule has 9 heteroatoms. The molecular formula is C23H20F3N5O. The molecule has 0 bridgehead atoms. The maximum atomic E-state index is 13.0. The smallest absolute Gasteiger partial charge is 0.305 e. The molecule has 32 heavy (non-hydrogen) atoms. The molecule has 0 aliphatic heterocycles. The normalized spacial score (nSPS) is 11.5. The summed E-state index contributed by atoms with van der Waals surface area (Å²) in [6.07, 6.45) is -0.874. The van der Waals surface area contributed by atoms with Crippen molar-refractivity contribution < 1.29 is 18.0 Å². The van der Waals surface area contributed by atoms with Crippen molar-refractivity contribution in [1.29, 1.82) is 0 Å². The molecule has 0 saturated heterocycles. The lowest BCUT2D eigenvalue weighted by atomic mass is 10.1. The van der Waals surface area contributed by atoms with E-state index in [1.165, 1.54) is 6.07 Å². The lowest BCUT2D eigenvalue weighted by molar-refractivity contribution is -0.137. The van der Waals surface area contributed by atoms with Gasteiger partial charge in [-0.3, -0.25) is 14.2 Å². The summed E-state index contributed by atoms with van der Waals surface area (Å²) in [7, 11) is 0. The van der Waals surface area contributed by atoms with Crippen molar-refractivity contribution >= 4 is 11.7 Å². The first-order chi connectivity index (χ1) is 15.3. The van der Waals surface area contributed by atoms with Gasteiger partial charge in [-0.25, -0.2) is 0 Å². The Hall–Kier alpha value is -3.88. The molecule has 4 aromatic rings. The number of aromatic nitrogens is 4. The molecule has 2 aromatic heterocycles. The quantitative estimate of drug-likeness (QED) is 0.471. The molecule has 1 N–H and O–H groups in total. The van der Waals surface area contributed by atoms with Crippen LogP contribution in [0.25, 0.3) is 0 Å². The Labute approximate surface area is 182 Å². The number of carbonyl (C=O) groups excluding carboxylic acids is 1. The number of anilines is 1. The van der Waals surface area contributed by atoms with E-state index in [4.69, 9.17) is 0 Å². The highest BCUT2D eigenvalue weighted by molar-refractivity contribution is 6.03. The topological polar surface area (TPSA) is 64.7 Å². The predicted octanol–water partition coefficient (Wildman–Crippen LogP) is 4.76. The Bertz CT molecular complexity index is 1230. The first-order valence-electron chi connectivity index (χ1n) is 9.86. The number of hydrogen-bond acceptors (Lipinski definition) is 3. The lowest BCUT2D eigenvalue weighted by Gasteiger charge is -2.09. The van der Waals surface area contributed by atoms with Crippen molar-refractivity contribution in [3.05, 3.63) is 101 Å². The molecule has 0 spiro atoms. The van der Waals surface area contributed by atoms with Crippen LogP contribution >= 0.6 is 0 Å². The summed E-state index contributed by atoms with van der Waals surface area (Å²) in [5.74, 6) is 0.00740. The van der Waals surface area contributed by atoms with Gasteiger partial charge in [0.25, 0.3) is 5.91 Å². The van der Waals surface area contributed by atoms with Crippen LogP contribution in [-0.4, -0.2) is 25.5 Å². The van der Waals surface area contributed by atoms with Crippen molar-refractivity contribution in [3.63, 3.8) is 0 Å². The summed E-state index contributed by atoms with van der Waals surface area (Å²) in [4.78, 5) is 12.7. The Balaban J connectivity index is 1.46. The average Bonchev–Trinajstić information content (AvgIpc) is 3.37. The van der Waals surface area contributed by atoms with E-state index in [-0.39, 0.29) is 12.5 Å². The summed E-state index contributed by atoms with van der Waals surface area (Å²) in [5, 5.41) is 11.2. The molecule has 164 valence electrons. The maximum absolute atomic E-state index is 13.0. The number of rotatable bonds is 6. The van der Waals surface area contributed by atoms with Gasteiger partial charge in [-0.1, -0.05) is 24.3 Å². The van der Waals surface area contributed by atoms with Gasteiger partial charge in [0.15, 0.2) is 5.82 Å². The van der Waals surface area contributed by atoms with Crippen LogP contribution in [0.5, 0.6) is 0 Å². The van der Waals surface area contributed by atoms with E-state index in [1.807, 2.05) is 18.3 Å². The Kier molecular flexibility index (Phi) is 5.81. The van der Waals surface area contributed by atoms with E-state index < -0.39 is 11.7 Å². The number of benzene rings is 2. The SMILES string of the molecule is Cc1cc(NC(=O)c2cccc(Cn3cccn3)c2)nn1Cc1cccc(C(F)(F)F)c1. The third kappa shape index (κ3) is 5.05. The number of nitrogens with one attached hydrogen (secondary N) is 1. The first-order valence-corrected chi connectivity index (χ1v) is 9.86. The van der Waals surface area contributed by atoms with Gasteiger partial charge < -0.3 is 5.32 Å². The van der Waals surface area contributed by atoms with Crippen molar-refractivity contribution in [3.8, 4) is 0 Å². The molecule has 0 aliphatic rings.